The normalized spacial score (nSPS) is 10.9. The zero-order chi connectivity index (χ0) is 20.8. The highest BCUT2D eigenvalue weighted by atomic mass is 35.5. The lowest BCUT2D eigenvalue weighted by molar-refractivity contribution is -0.384. The van der Waals surface area contributed by atoms with Crippen LogP contribution < -0.4 is 16.2 Å². The molecule has 146 valence electrons. The van der Waals surface area contributed by atoms with Gasteiger partial charge in [-0.15, -0.1) is 0 Å². The minimum Gasteiger partial charge on any atom is -0.322 e. The van der Waals surface area contributed by atoms with Gasteiger partial charge in [0.1, 0.15) is 5.02 Å². The van der Waals surface area contributed by atoms with Crippen LogP contribution in [0, 0.1) is 17.0 Å². The van der Waals surface area contributed by atoms with Crippen molar-refractivity contribution in [2.75, 3.05) is 5.32 Å². The van der Waals surface area contributed by atoms with E-state index in [0.717, 1.165) is 11.6 Å². The first-order chi connectivity index (χ1) is 13.2. The smallest absolute Gasteiger partial charge is 0.287 e. The van der Waals surface area contributed by atoms with Crippen LogP contribution >= 0.6 is 23.2 Å². The molecule has 0 aliphatic carbocycles. The number of nitrogens with zero attached hydrogens (tertiary/aromatic N) is 1. The van der Waals surface area contributed by atoms with Gasteiger partial charge < -0.3 is 10.7 Å². The fourth-order valence-electron chi connectivity index (χ4n) is 2.17. The first kappa shape index (κ1) is 21.2. The van der Waals surface area contributed by atoms with Gasteiger partial charge in [-0.05, 0) is 43.7 Å². The molecule has 3 N–H and O–H groups in total. The van der Waals surface area contributed by atoms with Crippen LogP contribution in [-0.2, 0) is 4.79 Å². The van der Waals surface area contributed by atoms with Crippen LogP contribution in [0.25, 0.3) is 0 Å². The third kappa shape index (κ3) is 5.45. The van der Waals surface area contributed by atoms with Gasteiger partial charge in [-0.1, -0.05) is 29.3 Å². The number of nitrogens with one attached hydrogen (secondary N) is 3. The molecule has 0 heterocycles. The number of nitro benzene ring substituents is 1. The molecular weight excluding hydrogens is 407 g/mol. The van der Waals surface area contributed by atoms with Gasteiger partial charge in [0, 0.05) is 34.1 Å². The lowest BCUT2D eigenvalue weighted by Gasteiger charge is -2.10. The van der Waals surface area contributed by atoms with E-state index in [-0.39, 0.29) is 16.3 Å². The van der Waals surface area contributed by atoms with Crippen LogP contribution in [0.4, 0.5) is 11.4 Å². The SMILES string of the molecule is CC(=CC(=O)Nc1cccc(Cl)c1C)NNC(=O)c1ccc([N+](=O)[O-])c(Cl)c1. The number of anilines is 1. The molecule has 0 unspecified atom stereocenters. The van der Waals surface area contributed by atoms with Gasteiger partial charge in [0.05, 0.1) is 4.92 Å². The fourth-order valence-corrected chi connectivity index (χ4v) is 2.59. The number of benzene rings is 2. The average Bonchev–Trinajstić information content (AvgIpc) is 2.63. The van der Waals surface area contributed by atoms with Crippen molar-refractivity contribution < 1.29 is 14.5 Å². The Labute approximate surface area is 170 Å². The lowest BCUT2D eigenvalue weighted by Crippen LogP contribution is -2.36. The monoisotopic (exact) mass is 422 g/mol. The van der Waals surface area contributed by atoms with Crippen molar-refractivity contribution in [2.45, 2.75) is 13.8 Å². The summed E-state index contributed by atoms with van der Waals surface area (Å²) in [5.74, 6) is -0.987. The second-order valence-electron chi connectivity index (χ2n) is 5.73. The number of hydrazine groups is 1. The predicted molar refractivity (Wildman–Crippen MR) is 107 cm³/mol. The van der Waals surface area contributed by atoms with Crippen molar-refractivity contribution in [2.24, 2.45) is 0 Å². The molecule has 0 atom stereocenters. The molecular formula is C18H16Cl2N4O4. The molecule has 2 aromatic rings. The summed E-state index contributed by atoms with van der Waals surface area (Å²) >= 11 is 11.8. The highest BCUT2D eigenvalue weighted by Gasteiger charge is 2.15. The van der Waals surface area contributed by atoms with Gasteiger partial charge in [0.15, 0.2) is 0 Å². The summed E-state index contributed by atoms with van der Waals surface area (Å²) in [5, 5.41) is 13.8. The largest absolute Gasteiger partial charge is 0.322 e. The van der Waals surface area contributed by atoms with E-state index in [1.165, 1.54) is 18.2 Å². The lowest BCUT2D eigenvalue weighted by atomic mass is 10.2. The van der Waals surface area contributed by atoms with Gasteiger partial charge in [-0.25, -0.2) is 0 Å². The van der Waals surface area contributed by atoms with E-state index < -0.39 is 16.7 Å². The van der Waals surface area contributed by atoms with Crippen molar-refractivity contribution in [3.05, 3.63) is 79.5 Å². The predicted octanol–water partition coefficient (Wildman–Crippen LogP) is 3.99. The molecule has 0 saturated heterocycles. The zero-order valence-corrected chi connectivity index (χ0v) is 16.4. The molecule has 0 bridgehead atoms. The van der Waals surface area contributed by atoms with E-state index in [0.29, 0.717) is 16.4 Å². The minimum atomic E-state index is -0.643. The molecule has 0 aromatic heterocycles. The van der Waals surface area contributed by atoms with Crippen molar-refractivity contribution >= 4 is 46.4 Å². The van der Waals surface area contributed by atoms with E-state index in [1.807, 2.05) is 0 Å². The molecule has 0 spiro atoms. The molecule has 0 radical (unpaired) electrons. The van der Waals surface area contributed by atoms with Crippen molar-refractivity contribution in [3.63, 3.8) is 0 Å². The Morgan fingerprint density at radius 2 is 1.82 bits per heavy atom. The Kier molecular flexibility index (Phi) is 6.97. The maximum absolute atomic E-state index is 12.1. The molecule has 2 aromatic carbocycles. The molecule has 0 fully saturated rings. The van der Waals surface area contributed by atoms with Crippen LogP contribution in [0.3, 0.4) is 0 Å². The number of rotatable bonds is 6. The van der Waals surface area contributed by atoms with Crippen LogP contribution in [-0.4, -0.2) is 16.7 Å². The molecule has 10 heteroatoms. The summed E-state index contributed by atoms with van der Waals surface area (Å²) < 4.78 is 0. The number of carbonyl (C=O) groups excluding carboxylic acids is 2. The Bertz CT molecular complexity index is 976. The van der Waals surface area contributed by atoms with Gasteiger partial charge in [-0.2, -0.15) is 0 Å². The maximum Gasteiger partial charge on any atom is 0.287 e. The highest BCUT2D eigenvalue weighted by molar-refractivity contribution is 6.33. The molecule has 0 aliphatic rings. The van der Waals surface area contributed by atoms with Crippen LogP contribution in [0.5, 0.6) is 0 Å². The van der Waals surface area contributed by atoms with E-state index >= 15 is 0 Å². The number of allylic oxidation sites excluding steroid dienone is 1. The van der Waals surface area contributed by atoms with Crippen molar-refractivity contribution in [1.29, 1.82) is 0 Å². The van der Waals surface area contributed by atoms with E-state index in [1.54, 1.807) is 32.0 Å². The molecule has 2 rings (SSSR count). The average molecular weight is 423 g/mol. The van der Waals surface area contributed by atoms with Crippen LogP contribution in [0.1, 0.15) is 22.8 Å². The van der Waals surface area contributed by atoms with E-state index in [2.05, 4.69) is 16.2 Å². The topological polar surface area (TPSA) is 113 Å². The van der Waals surface area contributed by atoms with E-state index in [9.17, 15) is 19.7 Å². The molecule has 0 aliphatic heterocycles. The van der Waals surface area contributed by atoms with Gasteiger partial charge in [0.2, 0.25) is 5.91 Å². The summed E-state index contributed by atoms with van der Waals surface area (Å²) in [6.45, 7) is 3.36. The second-order valence-corrected chi connectivity index (χ2v) is 6.55. The van der Waals surface area contributed by atoms with E-state index in [4.69, 9.17) is 23.2 Å². The van der Waals surface area contributed by atoms with Crippen molar-refractivity contribution in [3.8, 4) is 0 Å². The standard InChI is InChI=1S/C18H16Cl2N4O4/c1-10(8-17(25)21-15-5-3-4-13(19)11(15)2)22-23-18(26)12-6-7-16(24(27)28)14(20)9-12/h3-9,22H,1-2H3,(H,21,25)(H,23,26). The van der Waals surface area contributed by atoms with Gasteiger partial charge in [-0.3, -0.25) is 25.1 Å². The van der Waals surface area contributed by atoms with Gasteiger partial charge >= 0.3 is 0 Å². The third-order valence-corrected chi connectivity index (χ3v) is 4.37. The highest BCUT2D eigenvalue weighted by Crippen LogP contribution is 2.25. The molecule has 0 saturated carbocycles. The first-order valence-electron chi connectivity index (χ1n) is 7.93. The Hall–Kier alpha value is -3.10. The number of amides is 2. The quantitative estimate of drug-likeness (QED) is 0.370. The Morgan fingerprint density at radius 3 is 2.46 bits per heavy atom. The summed E-state index contributed by atoms with van der Waals surface area (Å²) in [4.78, 5) is 34.3. The minimum absolute atomic E-state index is 0.120. The number of hydrogen-bond donors (Lipinski definition) is 3. The summed E-state index contributed by atoms with van der Waals surface area (Å²) in [6, 6.07) is 8.75. The van der Waals surface area contributed by atoms with Crippen LogP contribution in [0.15, 0.2) is 48.2 Å². The van der Waals surface area contributed by atoms with Crippen molar-refractivity contribution in [1.82, 2.24) is 10.9 Å². The molecule has 2 amide bonds. The van der Waals surface area contributed by atoms with Crippen LogP contribution in [0.2, 0.25) is 10.0 Å². The summed E-state index contributed by atoms with van der Waals surface area (Å²) in [5.41, 5.74) is 6.45. The molecule has 8 nitrogen and oxygen atoms in total. The number of halogens is 2. The number of hydrogen-bond acceptors (Lipinski definition) is 5. The first-order valence-corrected chi connectivity index (χ1v) is 8.69. The third-order valence-electron chi connectivity index (χ3n) is 3.65. The summed E-state index contributed by atoms with van der Waals surface area (Å²) in [7, 11) is 0. The molecule has 28 heavy (non-hydrogen) atoms. The number of nitro groups is 1. The number of carbonyl (C=O) groups is 2. The second kappa shape index (κ2) is 9.20. The zero-order valence-electron chi connectivity index (χ0n) is 14.9. The fraction of sp³-hybridized carbons (Fsp3) is 0.111. The Balaban J connectivity index is 1.97. The maximum atomic E-state index is 12.1. The van der Waals surface area contributed by atoms with Gasteiger partial charge in [0.25, 0.3) is 11.6 Å². The Morgan fingerprint density at radius 1 is 1.11 bits per heavy atom. The summed E-state index contributed by atoms with van der Waals surface area (Å²) in [6.07, 6.45) is 1.25.